The van der Waals surface area contributed by atoms with Gasteiger partial charge in [0.1, 0.15) is 5.65 Å². The predicted molar refractivity (Wildman–Crippen MR) is 177 cm³/mol. The molecular weight excluding hydrogens is 540 g/mol. The molecule has 0 aliphatic heterocycles. The van der Waals surface area contributed by atoms with Crippen molar-refractivity contribution in [2.75, 3.05) is 0 Å². The molecule has 6 heteroatoms. The number of benzene rings is 5. The summed E-state index contributed by atoms with van der Waals surface area (Å²) in [4.78, 5) is 20.3. The van der Waals surface area contributed by atoms with Crippen LogP contribution in [-0.4, -0.2) is 28.9 Å². The number of nitrogens with zero attached hydrogens (tertiary/aromatic N) is 6. The molecule has 0 saturated carbocycles. The van der Waals surface area contributed by atoms with Gasteiger partial charge in [-0.1, -0.05) is 115 Å². The van der Waals surface area contributed by atoms with E-state index in [4.69, 9.17) is 19.9 Å². The van der Waals surface area contributed by atoms with E-state index >= 15 is 0 Å². The fourth-order valence-corrected chi connectivity index (χ4v) is 6.24. The van der Waals surface area contributed by atoms with Crippen molar-refractivity contribution in [3.63, 3.8) is 0 Å². The van der Waals surface area contributed by atoms with E-state index in [1.54, 1.807) is 0 Å². The quantitative estimate of drug-likeness (QED) is 0.214. The molecule has 0 aliphatic rings. The van der Waals surface area contributed by atoms with Crippen LogP contribution in [-0.2, 0) is 0 Å². The van der Waals surface area contributed by atoms with Gasteiger partial charge in [-0.2, -0.15) is 9.97 Å². The first-order valence-corrected chi connectivity index (χ1v) is 14.6. The van der Waals surface area contributed by atoms with Crippen LogP contribution in [0.15, 0.2) is 146 Å². The van der Waals surface area contributed by atoms with Gasteiger partial charge in [0, 0.05) is 33.7 Å². The summed E-state index contributed by atoms with van der Waals surface area (Å²) >= 11 is 0. The third kappa shape index (κ3) is 3.75. The second kappa shape index (κ2) is 9.71. The lowest BCUT2D eigenvalue weighted by Gasteiger charge is -2.12. The molecule has 0 fully saturated rings. The highest BCUT2D eigenvalue weighted by Gasteiger charge is 2.23. The Labute approximate surface area is 252 Å². The van der Waals surface area contributed by atoms with E-state index in [1.165, 1.54) is 0 Å². The lowest BCUT2D eigenvalue weighted by molar-refractivity contribution is 0.953. The van der Waals surface area contributed by atoms with Gasteiger partial charge in [0.05, 0.1) is 22.1 Å². The molecule has 0 radical (unpaired) electrons. The second-order valence-corrected chi connectivity index (χ2v) is 10.8. The normalized spacial score (nSPS) is 11.6. The van der Waals surface area contributed by atoms with Crippen LogP contribution in [0.1, 0.15) is 0 Å². The fourth-order valence-electron chi connectivity index (χ4n) is 6.24. The molecule has 4 aromatic heterocycles. The zero-order valence-electron chi connectivity index (χ0n) is 23.5. The fraction of sp³-hybridized carbons (Fsp3) is 0. The molecule has 5 aromatic carbocycles. The minimum absolute atomic E-state index is 0.566. The molecular formula is C38H24N6. The SMILES string of the molecule is c1ccc(-c2nc(-c3ccccc3)nc(-n3c4ccccc4c4c(-c5ccccc5)c5nc6ccccn6c5cc43)n2)cc1. The first-order valence-electron chi connectivity index (χ1n) is 14.6. The average molecular weight is 565 g/mol. The zero-order chi connectivity index (χ0) is 29.0. The van der Waals surface area contributed by atoms with E-state index in [2.05, 4.69) is 81.9 Å². The van der Waals surface area contributed by atoms with E-state index in [1.807, 2.05) is 72.8 Å². The monoisotopic (exact) mass is 564 g/mol. The molecule has 0 aliphatic carbocycles. The molecule has 206 valence electrons. The molecule has 9 rings (SSSR count). The Morgan fingerprint density at radius 2 is 1.05 bits per heavy atom. The molecule has 4 heterocycles. The number of hydrogen-bond donors (Lipinski definition) is 0. The Morgan fingerprint density at radius 3 is 1.73 bits per heavy atom. The number of aromatic nitrogens is 6. The van der Waals surface area contributed by atoms with Gasteiger partial charge >= 0.3 is 0 Å². The van der Waals surface area contributed by atoms with E-state index in [0.717, 1.165) is 60.7 Å². The number of imidazole rings is 1. The summed E-state index contributed by atoms with van der Waals surface area (Å²) in [6, 6.07) is 47.6. The second-order valence-electron chi connectivity index (χ2n) is 10.8. The highest BCUT2D eigenvalue weighted by Crippen LogP contribution is 2.42. The lowest BCUT2D eigenvalue weighted by Crippen LogP contribution is -2.06. The van der Waals surface area contributed by atoms with E-state index in [0.29, 0.717) is 17.6 Å². The molecule has 0 amide bonds. The van der Waals surface area contributed by atoms with Crippen molar-refractivity contribution in [2.45, 2.75) is 0 Å². The number of fused-ring (bicyclic) bond motifs is 6. The van der Waals surface area contributed by atoms with Crippen molar-refractivity contribution < 1.29 is 0 Å². The molecule has 0 unspecified atom stereocenters. The topological polar surface area (TPSA) is 60.9 Å². The number of para-hydroxylation sites is 1. The lowest BCUT2D eigenvalue weighted by atomic mass is 9.98. The van der Waals surface area contributed by atoms with Crippen LogP contribution in [0, 0.1) is 0 Å². The van der Waals surface area contributed by atoms with Crippen LogP contribution in [0.25, 0.3) is 78.3 Å². The maximum absolute atomic E-state index is 5.15. The van der Waals surface area contributed by atoms with Crippen LogP contribution in [0.2, 0.25) is 0 Å². The Morgan fingerprint density at radius 1 is 0.455 bits per heavy atom. The summed E-state index contributed by atoms with van der Waals surface area (Å²) in [5, 5.41) is 2.23. The van der Waals surface area contributed by atoms with Gasteiger partial charge in [-0.25, -0.2) is 9.97 Å². The summed E-state index contributed by atoms with van der Waals surface area (Å²) < 4.78 is 4.33. The first kappa shape index (κ1) is 24.5. The van der Waals surface area contributed by atoms with Crippen LogP contribution in [0.3, 0.4) is 0 Å². The summed E-state index contributed by atoms with van der Waals surface area (Å²) in [6.45, 7) is 0. The molecule has 0 bridgehead atoms. The van der Waals surface area contributed by atoms with Gasteiger partial charge in [0.25, 0.3) is 0 Å². The van der Waals surface area contributed by atoms with Crippen LogP contribution in [0.5, 0.6) is 0 Å². The number of pyridine rings is 1. The molecule has 0 N–H and O–H groups in total. The number of hydrogen-bond acceptors (Lipinski definition) is 4. The Hall–Kier alpha value is -6.14. The van der Waals surface area contributed by atoms with Gasteiger partial charge < -0.3 is 0 Å². The van der Waals surface area contributed by atoms with Crippen molar-refractivity contribution in [1.82, 2.24) is 28.9 Å². The van der Waals surface area contributed by atoms with E-state index in [9.17, 15) is 0 Å². The van der Waals surface area contributed by atoms with Gasteiger partial charge in [0.15, 0.2) is 11.6 Å². The Bertz CT molecular complexity index is 2420. The Kier molecular flexibility index (Phi) is 5.40. The molecule has 0 saturated heterocycles. The minimum Gasteiger partial charge on any atom is -0.300 e. The van der Waals surface area contributed by atoms with Gasteiger partial charge in [-0.05, 0) is 29.8 Å². The van der Waals surface area contributed by atoms with Gasteiger partial charge in [-0.3, -0.25) is 8.97 Å². The largest absolute Gasteiger partial charge is 0.300 e. The highest BCUT2D eigenvalue weighted by atomic mass is 15.2. The molecule has 0 spiro atoms. The number of rotatable bonds is 4. The minimum atomic E-state index is 0.566. The zero-order valence-corrected chi connectivity index (χ0v) is 23.5. The van der Waals surface area contributed by atoms with Crippen LogP contribution >= 0.6 is 0 Å². The average Bonchev–Trinajstić information content (AvgIpc) is 3.64. The molecule has 9 aromatic rings. The molecule has 44 heavy (non-hydrogen) atoms. The maximum Gasteiger partial charge on any atom is 0.238 e. The Balaban J connectivity index is 1.46. The third-order valence-corrected chi connectivity index (χ3v) is 8.19. The van der Waals surface area contributed by atoms with E-state index < -0.39 is 0 Å². The predicted octanol–water partition coefficient (Wildman–Crippen LogP) is 8.77. The van der Waals surface area contributed by atoms with Crippen LogP contribution in [0.4, 0.5) is 0 Å². The molecule has 6 nitrogen and oxygen atoms in total. The third-order valence-electron chi connectivity index (χ3n) is 8.19. The van der Waals surface area contributed by atoms with Crippen molar-refractivity contribution in [2.24, 2.45) is 0 Å². The first-order chi connectivity index (χ1) is 21.8. The van der Waals surface area contributed by atoms with Crippen molar-refractivity contribution >= 4 is 38.5 Å². The van der Waals surface area contributed by atoms with Gasteiger partial charge in [0.2, 0.25) is 5.95 Å². The summed E-state index contributed by atoms with van der Waals surface area (Å²) in [7, 11) is 0. The smallest absolute Gasteiger partial charge is 0.238 e. The van der Waals surface area contributed by atoms with Gasteiger partial charge in [-0.15, -0.1) is 0 Å². The summed E-state index contributed by atoms with van der Waals surface area (Å²) in [5.74, 6) is 1.81. The highest BCUT2D eigenvalue weighted by molar-refractivity contribution is 6.22. The van der Waals surface area contributed by atoms with Crippen molar-refractivity contribution in [3.05, 3.63) is 146 Å². The van der Waals surface area contributed by atoms with Crippen molar-refractivity contribution in [1.29, 1.82) is 0 Å². The van der Waals surface area contributed by atoms with E-state index in [-0.39, 0.29) is 0 Å². The summed E-state index contributed by atoms with van der Waals surface area (Å²) in [5.41, 5.74) is 8.99. The van der Waals surface area contributed by atoms with Crippen LogP contribution < -0.4 is 0 Å². The summed E-state index contributed by atoms with van der Waals surface area (Å²) in [6.07, 6.45) is 2.07. The maximum atomic E-state index is 5.15. The van der Waals surface area contributed by atoms with Crippen molar-refractivity contribution in [3.8, 4) is 39.9 Å². The standard InChI is InChI=1S/C38H24N6/c1-4-14-25(15-5-1)33-34-28-20-10-11-21-29(28)44(30(34)24-31-35(33)39-32-22-12-13-23-43(31)32)38-41-36(26-16-6-2-7-17-26)40-37(42-38)27-18-8-3-9-19-27/h1-24H. The molecule has 0 atom stereocenters.